The summed E-state index contributed by atoms with van der Waals surface area (Å²) >= 11 is 0. The Kier molecular flexibility index (Phi) is 4.47. The fourth-order valence-electron chi connectivity index (χ4n) is 1.33. The zero-order chi connectivity index (χ0) is 12.0. The van der Waals surface area contributed by atoms with Crippen LogP contribution >= 0.6 is 0 Å². The Hall–Kier alpha value is -1.88. The van der Waals surface area contributed by atoms with E-state index in [-0.39, 0.29) is 12.5 Å². The lowest BCUT2D eigenvalue weighted by Gasteiger charge is -2.14. The van der Waals surface area contributed by atoms with E-state index < -0.39 is 11.9 Å². The molecule has 0 spiro atoms. The summed E-state index contributed by atoms with van der Waals surface area (Å²) in [5.74, 6) is -0.953. The molecule has 0 saturated heterocycles. The first-order valence-corrected chi connectivity index (χ1v) is 4.96. The third-order valence-electron chi connectivity index (χ3n) is 2.15. The summed E-state index contributed by atoms with van der Waals surface area (Å²) in [6, 6.07) is 8.62. The summed E-state index contributed by atoms with van der Waals surface area (Å²) in [7, 11) is 0. The average Bonchev–Trinajstić information content (AvgIpc) is 2.29. The van der Waals surface area contributed by atoms with Crippen LogP contribution in [0.2, 0.25) is 0 Å². The van der Waals surface area contributed by atoms with E-state index in [0.717, 1.165) is 5.56 Å². The maximum atomic E-state index is 11.1. The van der Waals surface area contributed by atoms with Crippen LogP contribution in [0, 0.1) is 0 Å². The quantitative estimate of drug-likeness (QED) is 0.604. The molecular weight excluding hydrogens is 206 g/mol. The van der Waals surface area contributed by atoms with E-state index in [0.29, 0.717) is 6.42 Å². The van der Waals surface area contributed by atoms with Crippen LogP contribution in [0.15, 0.2) is 30.3 Å². The maximum Gasteiger partial charge on any atom is 0.240 e. The van der Waals surface area contributed by atoms with Gasteiger partial charge in [0.15, 0.2) is 0 Å². The molecule has 5 heteroatoms. The van der Waals surface area contributed by atoms with Gasteiger partial charge in [0.1, 0.15) is 6.04 Å². The van der Waals surface area contributed by atoms with Crippen molar-refractivity contribution in [3.05, 3.63) is 35.9 Å². The van der Waals surface area contributed by atoms with Gasteiger partial charge in [-0.05, 0) is 5.56 Å². The molecule has 1 aromatic rings. The van der Waals surface area contributed by atoms with Crippen molar-refractivity contribution >= 4 is 11.8 Å². The Labute approximate surface area is 93.8 Å². The fraction of sp³-hybridized carbons (Fsp3) is 0.273. The third-order valence-corrected chi connectivity index (χ3v) is 2.15. The van der Waals surface area contributed by atoms with Gasteiger partial charge >= 0.3 is 0 Å². The van der Waals surface area contributed by atoms with Gasteiger partial charge in [0.2, 0.25) is 11.8 Å². The first-order chi connectivity index (χ1) is 7.63. The Balaban J connectivity index is 2.65. The van der Waals surface area contributed by atoms with Crippen LogP contribution < -0.4 is 16.8 Å². The lowest BCUT2D eigenvalue weighted by atomic mass is 10.1. The molecule has 5 N–H and O–H groups in total. The highest BCUT2D eigenvalue weighted by atomic mass is 16.2. The fourth-order valence-corrected chi connectivity index (χ4v) is 1.33. The minimum absolute atomic E-state index is 0.154. The standard InChI is InChI=1S/C11H15N3O2/c12-7-10(15)14-9(11(13)16)6-8-4-2-1-3-5-8/h1-5,9H,6-7,12H2,(H2,13,16)(H,14,15)/t9-/m1/s1. The Morgan fingerprint density at radius 2 is 1.88 bits per heavy atom. The normalized spacial score (nSPS) is 11.8. The van der Waals surface area contributed by atoms with Crippen LogP contribution in [0.4, 0.5) is 0 Å². The minimum Gasteiger partial charge on any atom is -0.368 e. The van der Waals surface area contributed by atoms with E-state index in [1.807, 2.05) is 30.3 Å². The second kappa shape index (κ2) is 5.87. The zero-order valence-corrected chi connectivity index (χ0v) is 8.85. The number of amides is 2. The number of primary amides is 1. The second-order valence-electron chi connectivity index (χ2n) is 3.42. The molecule has 5 nitrogen and oxygen atoms in total. The van der Waals surface area contributed by atoms with Crippen molar-refractivity contribution in [2.45, 2.75) is 12.5 Å². The van der Waals surface area contributed by atoms with E-state index in [9.17, 15) is 9.59 Å². The summed E-state index contributed by atoms with van der Waals surface area (Å²) in [4.78, 5) is 22.2. The topological polar surface area (TPSA) is 98.2 Å². The van der Waals surface area contributed by atoms with Crippen LogP contribution in [0.1, 0.15) is 5.56 Å². The van der Waals surface area contributed by atoms with Crippen molar-refractivity contribution in [3.8, 4) is 0 Å². The van der Waals surface area contributed by atoms with Crippen LogP contribution in [0.25, 0.3) is 0 Å². The highest BCUT2D eigenvalue weighted by Crippen LogP contribution is 2.02. The maximum absolute atomic E-state index is 11.1. The zero-order valence-electron chi connectivity index (χ0n) is 8.85. The average molecular weight is 221 g/mol. The molecule has 0 fully saturated rings. The molecule has 1 aromatic carbocycles. The molecule has 16 heavy (non-hydrogen) atoms. The number of nitrogens with two attached hydrogens (primary N) is 2. The number of carbonyl (C=O) groups excluding carboxylic acids is 2. The SMILES string of the molecule is NCC(=O)N[C@H](Cc1ccccc1)C(N)=O. The number of hydrogen-bond donors (Lipinski definition) is 3. The summed E-state index contributed by atoms with van der Waals surface area (Å²) in [5.41, 5.74) is 11.3. The van der Waals surface area contributed by atoms with E-state index >= 15 is 0 Å². The molecule has 1 rings (SSSR count). The van der Waals surface area contributed by atoms with Gasteiger partial charge in [0.25, 0.3) is 0 Å². The monoisotopic (exact) mass is 221 g/mol. The number of benzene rings is 1. The van der Waals surface area contributed by atoms with Crippen molar-refractivity contribution in [1.82, 2.24) is 5.32 Å². The molecule has 0 aromatic heterocycles. The Morgan fingerprint density at radius 1 is 1.25 bits per heavy atom. The molecular formula is C11H15N3O2. The molecule has 0 aliphatic carbocycles. The van der Waals surface area contributed by atoms with Gasteiger partial charge in [-0.3, -0.25) is 9.59 Å². The molecule has 0 aliphatic heterocycles. The van der Waals surface area contributed by atoms with Gasteiger partial charge in [0.05, 0.1) is 6.54 Å². The van der Waals surface area contributed by atoms with E-state index in [1.165, 1.54) is 0 Å². The molecule has 0 heterocycles. The van der Waals surface area contributed by atoms with Crippen LogP contribution in [0.3, 0.4) is 0 Å². The Bertz CT molecular complexity index is 365. The highest BCUT2D eigenvalue weighted by Gasteiger charge is 2.17. The van der Waals surface area contributed by atoms with Gasteiger partial charge in [-0.25, -0.2) is 0 Å². The number of hydrogen-bond acceptors (Lipinski definition) is 3. The summed E-state index contributed by atoms with van der Waals surface area (Å²) in [5, 5.41) is 2.48. The van der Waals surface area contributed by atoms with Crippen molar-refractivity contribution in [3.63, 3.8) is 0 Å². The predicted octanol–water partition coefficient (Wildman–Crippen LogP) is -0.842. The number of rotatable bonds is 5. The summed E-state index contributed by atoms with van der Waals surface area (Å²) in [6.07, 6.45) is 0.377. The van der Waals surface area contributed by atoms with E-state index in [2.05, 4.69) is 5.32 Å². The summed E-state index contributed by atoms with van der Waals surface area (Å²) in [6.45, 7) is -0.154. The van der Waals surface area contributed by atoms with Crippen LogP contribution in [0.5, 0.6) is 0 Å². The van der Waals surface area contributed by atoms with Crippen molar-refractivity contribution < 1.29 is 9.59 Å². The van der Waals surface area contributed by atoms with Gasteiger partial charge < -0.3 is 16.8 Å². The number of nitrogens with one attached hydrogen (secondary N) is 1. The number of carbonyl (C=O) groups is 2. The lowest BCUT2D eigenvalue weighted by molar-refractivity contribution is -0.126. The minimum atomic E-state index is -0.710. The van der Waals surface area contributed by atoms with Crippen molar-refractivity contribution in [2.75, 3.05) is 6.54 Å². The van der Waals surface area contributed by atoms with Crippen LogP contribution in [-0.2, 0) is 16.0 Å². The molecule has 86 valence electrons. The predicted molar refractivity (Wildman–Crippen MR) is 60.3 cm³/mol. The van der Waals surface area contributed by atoms with Gasteiger partial charge in [-0.1, -0.05) is 30.3 Å². The highest BCUT2D eigenvalue weighted by molar-refractivity contribution is 5.87. The molecule has 0 bridgehead atoms. The lowest BCUT2D eigenvalue weighted by Crippen LogP contribution is -2.47. The molecule has 0 unspecified atom stereocenters. The molecule has 0 saturated carbocycles. The molecule has 0 aliphatic rings. The van der Waals surface area contributed by atoms with Gasteiger partial charge in [0, 0.05) is 6.42 Å². The largest absolute Gasteiger partial charge is 0.368 e. The van der Waals surface area contributed by atoms with Crippen molar-refractivity contribution in [1.29, 1.82) is 0 Å². The summed E-state index contributed by atoms with van der Waals surface area (Å²) < 4.78 is 0. The molecule has 2 amide bonds. The molecule has 1 atom stereocenters. The third kappa shape index (κ3) is 3.70. The van der Waals surface area contributed by atoms with Gasteiger partial charge in [-0.15, -0.1) is 0 Å². The molecule has 0 radical (unpaired) electrons. The Morgan fingerprint density at radius 3 is 2.38 bits per heavy atom. The second-order valence-corrected chi connectivity index (χ2v) is 3.42. The van der Waals surface area contributed by atoms with E-state index in [1.54, 1.807) is 0 Å². The smallest absolute Gasteiger partial charge is 0.240 e. The van der Waals surface area contributed by atoms with Gasteiger partial charge in [-0.2, -0.15) is 0 Å². The van der Waals surface area contributed by atoms with Crippen LogP contribution in [-0.4, -0.2) is 24.4 Å². The van der Waals surface area contributed by atoms with E-state index in [4.69, 9.17) is 11.5 Å². The first-order valence-electron chi connectivity index (χ1n) is 4.96. The van der Waals surface area contributed by atoms with Crippen molar-refractivity contribution in [2.24, 2.45) is 11.5 Å². The first kappa shape index (κ1) is 12.2.